The van der Waals surface area contributed by atoms with Crippen molar-refractivity contribution in [3.63, 3.8) is 0 Å². The van der Waals surface area contributed by atoms with E-state index in [0.29, 0.717) is 22.8 Å². The van der Waals surface area contributed by atoms with Gasteiger partial charge in [0.15, 0.2) is 0 Å². The van der Waals surface area contributed by atoms with Crippen molar-refractivity contribution in [2.45, 2.75) is 13.2 Å². The molecular formula is C14H12N2O4. The van der Waals surface area contributed by atoms with Gasteiger partial charge in [-0.1, -0.05) is 6.07 Å². The highest BCUT2D eigenvalue weighted by molar-refractivity contribution is 6.23. The molecule has 0 saturated heterocycles. The van der Waals surface area contributed by atoms with Gasteiger partial charge in [0.25, 0.3) is 11.8 Å². The van der Waals surface area contributed by atoms with Crippen molar-refractivity contribution < 1.29 is 19.1 Å². The first-order valence-electron chi connectivity index (χ1n) is 6.05. The number of aliphatic hydroxyl groups is 1. The molecule has 2 heterocycles. The van der Waals surface area contributed by atoms with Gasteiger partial charge in [0.05, 0.1) is 17.7 Å². The highest BCUT2D eigenvalue weighted by Gasteiger charge is 2.37. The Balaban J connectivity index is 1.92. The van der Waals surface area contributed by atoms with Crippen molar-refractivity contribution in [2.75, 3.05) is 5.73 Å². The first kappa shape index (κ1) is 12.4. The van der Waals surface area contributed by atoms with Gasteiger partial charge in [0, 0.05) is 5.69 Å². The van der Waals surface area contributed by atoms with Gasteiger partial charge in [0.1, 0.15) is 18.1 Å². The van der Waals surface area contributed by atoms with Crippen molar-refractivity contribution in [3.05, 3.63) is 53.0 Å². The number of anilines is 1. The van der Waals surface area contributed by atoms with E-state index < -0.39 is 5.91 Å². The number of hydrogen-bond acceptors (Lipinski definition) is 5. The van der Waals surface area contributed by atoms with E-state index in [4.69, 9.17) is 15.3 Å². The summed E-state index contributed by atoms with van der Waals surface area (Å²) in [7, 11) is 0. The van der Waals surface area contributed by atoms with Crippen LogP contribution in [-0.2, 0) is 13.2 Å². The Bertz CT molecular complexity index is 705. The van der Waals surface area contributed by atoms with Gasteiger partial charge in [0.2, 0.25) is 0 Å². The van der Waals surface area contributed by atoms with E-state index in [-0.39, 0.29) is 24.6 Å². The average Bonchev–Trinajstić information content (AvgIpc) is 2.99. The lowest BCUT2D eigenvalue weighted by Gasteiger charge is -2.11. The molecule has 1 aromatic carbocycles. The average molecular weight is 272 g/mol. The molecule has 0 fully saturated rings. The largest absolute Gasteiger partial charge is 0.462 e. The molecule has 1 aromatic heterocycles. The number of aliphatic hydroxyl groups excluding tert-OH is 1. The summed E-state index contributed by atoms with van der Waals surface area (Å²) in [6, 6.07) is 8.03. The van der Waals surface area contributed by atoms with Crippen LogP contribution in [0, 0.1) is 0 Å². The Labute approximate surface area is 114 Å². The van der Waals surface area contributed by atoms with Crippen LogP contribution in [0.5, 0.6) is 0 Å². The van der Waals surface area contributed by atoms with Gasteiger partial charge >= 0.3 is 0 Å². The number of carbonyl (C=O) groups is 2. The zero-order valence-corrected chi connectivity index (χ0v) is 10.5. The highest BCUT2D eigenvalue weighted by atomic mass is 16.4. The Morgan fingerprint density at radius 3 is 2.50 bits per heavy atom. The van der Waals surface area contributed by atoms with Gasteiger partial charge in [-0.3, -0.25) is 14.5 Å². The molecule has 20 heavy (non-hydrogen) atoms. The summed E-state index contributed by atoms with van der Waals surface area (Å²) in [5.41, 5.74) is 6.59. The van der Waals surface area contributed by atoms with Crippen molar-refractivity contribution in [1.82, 2.24) is 4.90 Å². The minimum absolute atomic E-state index is 0.0196. The second-order valence-electron chi connectivity index (χ2n) is 4.49. The van der Waals surface area contributed by atoms with Gasteiger partial charge in [-0.2, -0.15) is 0 Å². The smallest absolute Gasteiger partial charge is 0.264 e. The van der Waals surface area contributed by atoms with Gasteiger partial charge in [-0.05, 0) is 24.3 Å². The molecule has 6 heteroatoms. The zero-order chi connectivity index (χ0) is 14.3. The van der Waals surface area contributed by atoms with Crippen LogP contribution in [-0.4, -0.2) is 21.8 Å². The standard InChI is InChI=1S/C14H12N2O4/c15-11-3-1-2-10-12(11)14(19)16(13(10)18)6-8-4-5-9(7-17)20-8/h1-5,17H,6-7,15H2. The molecule has 0 aliphatic carbocycles. The molecule has 1 aliphatic heterocycles. The van der Waals surface area contributed by atoms with Crippen LogP contribution in [0.2, 0.25) is 0 Å². The molecular weight excluding hydrogens is 260 g/mol. The van der Waals surface area contributed by atoms with Crippen molar-refractivity contribution in [2.24, 2.45) is 0 Å². The number of nitrogen functional groups attached to an aromatic ring is 1. The summed E-state index contributed by atoms with van der Waals surface area (Å²) >= 11 is 0. The Morgan fingerprint density at radius 1 is 1.10 bits per heavy atom. The van der Waals surface area contributed by atoms with Crippen LogP contribution >= 0.6 is 0 Å². The molecule has 3 rings (SSSR count). The highest BCUT2D eigenvalue weighted by Crippen LogP contribution is 2.28. The third-order valence-corrected chi connectivity index (χ3v) is 3.22. The molecule has 0 atom stereocenters. The van der Waals surface area contributed by atoms with Crippen molar-refractivity contribution in [3.8, 4) is 0 Å². The van der Waals surface area contributed by atoms with E-state index in [1.54, 1.807) is 30.3 Å². The summed E-state index contributed by atoms with van der Waals surface area (Å²) in [4.78, 5) is 25.5. The quantitative estimate of drug-likeness (QED) is 0.645. The number of rotatable bonds is 3. The molecule has 0 radical (unpaired) electrons. The summed E-state index contributed by atoms with van der Waals surface area (Å²) < 4.78 is 5.29. The van der Waals surface area contributed by atoms with E-state index in [2.05, 4.69) is 0 Å². The van der Waals surface area contributed by atoms with Crippen LogP contribution in [0.25, 0.3) is 0 Å². The van der Waals surface area contributed by atoms with Gasteiger partial charge in [-0.25, -0.2) is 0 Å². The van der Waals surface area contributed by atoms with Crippen molar-refractivity contribution in [1.29, 1.82) is 0 Å². The zero-order valence-electron chi connectivity index (χ0n) is 10.5. The molecule has 0 saturated carbocycles. The van der Waals surface area contributed by atoms with E-state index >= 15 is 0 Å². The second kappa shape index (κ2) is 4.50. The lowest BCUT2D eigenvalue weighted by Crippen LogP contribution is -2.29. The molecule has 102 valence electrons. The van der Waals surface area contributed by atoms with E-state index in [1.807, 2.05) is 0 Å². The minimum Gasteiger partial charge on any atom is -0.462 e. The third-order valence-electron chi connectivity index (χ3n) is 3.22. The summed E-state index contributed by atoms with van der Waals surface area (Å²) in [6.45, 7) is -0.207. The van der Waals surface area contributed by atoms with Crippen LogP contribution < -0.4 is 5.73 Å². The normalized spacial score (nSPS) is 13.9. The fourth-order valence-electron chi connectivity index (χ4n) is 2.25. The third kappa shape index (κ3) is 1.78. The fraction of sp³-hybridized carbons (Fsp3) is 0.143. The second-order valence-corrected chi connectivity index (χ2v) is 4.49. The number of carbonyl (C=O) groups excluding carboxylic acids is 2. The molecule has 0 spiro atoms. The minimum atomic E-state index is -0.426. The Hall–Kier alpha value is -2.60. The SMILES string of the molecule is Nc1cccc2c1C(=O)N(Cc1ccc(CO)o1)C2=O. The molecule has 3 N–H and O–H groups in total. The monoisotopic (exact) mass is 272 g/mol. The number of amides is 2. The number of fused-ring (bicyclic) bond motifs is 1. The maximum absolute atomic E-state index is 12.2. The first-order valence-corrected chi connectivity index (χ1v) is 6.05. The number of nitrogens with zero attached hydrogens (tertiary/aromatic N) is 1. The summed E-state index contributed by atoms with van der Waals surface area (Å²) in [6.07, 6.45) is 0. The molecule has 1 aliphatic rings. The van der Waals surface area contributed by atoms with Gasteiger partial charge in [-0.15, -0.1) is 0 Å². The van der Waals surface area contributed by atoms with Gasteiger partial charge < -0.3 is 15.3 Å². The maximum Gasteiger partial charge on any atom is 0.264 e. The number of hydrogen-bond donors (Lipinski definition) is 2. The molecule has 0 bridgehead atoms. The molecule has 2 aromatic rings. The van der Waals surface area contributed by atoms with Crippen molar-refractivity contribution >= 4 is 17.5 Å². The maximum atomic E-state index is 12.2. The number of benzene rings is 1. The predicted molar refractivity (Wildman–Crippen MR) is 69.7 cm³/mol. The molecule has 0 unspecified atom stereocenters. The van der Waals surface area contributed by atoms with E-state index in [0.717, 1.165) is 4.90 Å². The summed E-state index contributed by atoms with van der Waals surface area (Å²) in [5, 5.41) is 8.94. The Kier molecular flexibility index (Phi) is 2.80. The molecule has 2 amide bonds. The summed E-state index contributed by atoms with van der Waals surface area (Å²) in [5.74, 6) is 0.00236. The number of imide groups is 1. The van der Waals surface area contributed by atoms with E-state index in [1.165, 1.54) is 0 Å². The number of nitrogens with two attached hydrogens (primary N) is 1. The van der Waals surface area contributed by atoms with Crippen LogP contribution in [0.15, 0.2) is 34.7 Å². The van der Waals surface area contributed by atoms with Crippen LogP contribution in [0.4, 0.5) is 5.69 Å². The molecule has 6 nitrogen and oxygen atoms in total. The Morgan fingerprint density at radius 2 is 1.85 bits per heavy atom. The lowest BCUT2D eigenvalue weighted by molar-refractivity contribution is 0.0630. The van der Waals surface area contributed by atoms with Crippen LogP contribution in [0.3, 0.4) is 0 Å². The predicted octanol–water partition coefficient (Wildman–Crippen LogP) is 1.15. The topological polar surface area (TPSA) is 96.8 Å². The van der Waals surface area contributed by atoms with Crippen LogP contribution in [0.1, 0.15) is 32.2 Å². The van der Waals surface area contributed by atoms with E-state index in [9.17, 15) is 9.59 Å². The first-order chi connectivity index (χ1) is 9.61. The number of furan rings is 1. The lowest BCUT2D eigenvalue weighted by atomic mass is 10.1. The fourth-order valence-corrected chi connectivity index (χ4v) is 2.25.